The summed E-state index contributed by atoms with van der Waals surface area (Å²) in [5, 5.41) is 0. The standard InChI is InChI=1S/C9H12BrNO2S2/c10-8-2-1-7(14-8)5-9(11)3-4-15(12,13)6-9/h1-2H,3-6,11H2. The zero-order chi connectivity index (χ0) is 11.1. The van der Waals surface area contributed by atoms with Crippen molar-refractivity contribution in [1.82, 2.24) is 0 Å². The molecule has 2 rings (SSSR count). The molecule has 0 aliphatic carbocycles. The van der Waals surface area contributed by atoms with E-state index in [4.69, 9.17) is 5.73 Å². The quantitative estimate of drug-likeness (QED) is 0.902. The molecule has 1 saturated heterocycles. The van der Waals surface area contributed by atoms with Gasteiger partial charge in [-0.2, -0.15) is 0 Å². The molecule has 15 heavy (non-hydrogen) atoms. The molecule has 84 valence electrons. The Morgan fingerprint density at radius 1 is 1.53 bits per heavy atom. The monoisotopic (exact) mass is 309 g/mol. The summed E-state index contributed by atoms with van der Waals surface area (Å²) in [5.41, 5.74) is 5.54. The Morgan fingerprint density at radius 3 is 2.73 bits per heavy atom. The van der Waals surface area contributed by atoms with E-state index in [-0.39, 0.29) is 11.5 Å². The Bertz CT molecular complexity index is 468. The van der Waals surface area contributed by atoms with Gasteiger partial charge in [0.25, 0.3) is 0 Å². The summed E-state index contributed by atoms with van der Waals surface area (Å²) in [7, 11) is -2.90. The van der Waals surface area contributed by atoms with E-state index in [1.807, 2.05) is 12.1 Å². The molecule has 1 aliphatic rings. The van der Waals surface area contributed by atoms with Crippen LogP contribution in [0.25, 0.3) is 0 Å². The highest BCUT2D eigenvalue weighted by atomic mass is 79.9. The highest BCUT2D eigenvalue weighted by Crippen LogP contribution is 2.29. The SMILES string of the molecule is NC1(Cc2ccc(Br)s2)CCS(=O)(=O)C1. The van der Waals surface area contributed by atoms with Crippen LogP contribution in [0.4, 0.5) is 0 Å². The van der Waals surface area contributed by atoms with E-state index in [0.717, 1.165) is 8.66 Å². The van der Waals surface area contributed by atoms with Gasteiger partial charge in [-0.25, -0.2) is 8.42 Å². The number of thiophene rings is 1. The first kappa shape index (κ1) is 11.6. The van der Waals surface area contributed by atoms with Crippen molar-refractivity contribution in [1.29, 1.82) is 0 Å². The van der Waals surface area contributed by atoms with Gasteiger partial charge >= 0.3 is 0 Å². The summed E-state index contributed by atoms with van der Waals surface area (Å²) < 4.78 is 23.8. The van der Waals surface area contributed by atoms with Gasteiger partial charge in [-0.05, 0) is 34.5 Å². The van der Waals surface area contributed by atoms with Crippen LogP contribution in [-0.4, -0.2) is 25.5 Å². The molecule has 6 heteroatoms. The number of hydrogen-bond donors (Lipinski definition) is 1. The van der Waals surface area contributed by atoms with Crippen LogP contribution in [0.3, 0.4) is 0 Å². The molecule has 1 atom stereocenters. The van der Waals surface area contributed by atoms with Crippen molar-refractivity contribution in [3.63, 3.8) is 0 Å². The molecule has 1 aliphatic heterocycles. The van der Waals surface area contributed by atoms with Gasteiger partial charge in [0, 0.05) is 16.8 Å². The average Bonchev–Trinajstić information content (AvgIpc) is 2.57. The zero-order valence-corrected chi connectivity index (χ0v) is 11.3. The lowest BCUT2D eigenvalue weighted by molar-refractivity contribution is 0.480. The molecule has 3 nitrogen and oxygen atoms in total. The second kappa shape index (κ2) is 3.84. The van der Waals surface area contributed by atoms with Crippen LogP contribution in [0, 0.1) is 0 Å². The third-order valence-corrected chi connectivity index (χ3v) is 6.04. The van der Waals surface area contributed by atoms with Crippen molar-refractivity contribution in [2.75, 3.05) is 11.5 Å². The van der Waals surface area contributed by atoms with E-state index in [1.165, 1.54) is 0 Å². The summed E-state index contributed by atoms with van der Waals surface area (Å²) in [5.74, 6) is 0.353. The number of hydrogen-bond acceptors (Lipinski definition) is 4. The summed E-state index contributed by atoms with van der Waals surface area (Å²) in [6.07, 6.45) is 1.23. The first-order valence-electron chi connectivity index (χ1n) is 4.62. The molecular weight excluding hydrogens is 298 g/mol. The minimum Gasteiger partial charge on any atom is -0.324 e. The molecule has 1 fully saturated rings. The molecule has 0 saturated carbocycles. The maximum absolute atomic E-state index is 11.4. The van der Waals surface area contributed by atoms with Crippen LogP contribution in [0.1, 0.15) is 11.3 Å². The lowest BCUT2D eigenvalue weighted by Gasteiger charge is -2.20. The Labute approximate surface area is 102 Å². The lowest BCUT2D eigenvalue weighted by Crippen LogP contribution is -2.42. The van der Waals surface area contributed by atoms with Crippen molar-refractivity contribution in [3.8, 4) is 0 Å². The molecule has 0 bridgehead atoms. The molecule has 2 heterocycles. The van der Waals surface area contributed by atoms with Crippen LogP contribution >= 0.6 is 27.3 Å². The molecule has 1 aromatic rings. The first-order valence-corrected chi connectivity index (χ1v) is 8.05. The van der Waals surface area contributed by atoms with Crippen molar-refractivity contribution < 1.29 is 8.42 Å². The van der Waals surface area contributed by atoms with E-state index in [1.54, 1.807) is 11.3 Å². The predicted molar refractivity (Wildman–Crippen MR) is 65.9 cm³/mol. The van der Waals surface area contributed by atoms with Crippen molar-refractivity contribution in [2.45, 2.75) is 18.4 Å². The molecule has 0 spiro atoms. The third kappa shape index (κ3) is 2.81. The molecule has 0 amide bonds. The Hall–Kier alpha value is 0.0900. The van der Waals surface area contributed by atoms with E-state index < -0.39 is 15.4 Å². The summed E-state index contributed by atoms with van der Waals surface area (Å²) in [4.78, 5) is 1.14. The van der Waals surface area contributed by atoms with E-state index in [2.05, 4.69) is 15.9 Å². The van der Waals surface area contributed by atoms with Crippen LogP contribution < -0.4 is 5.73 Å². The number of halogens is 1. The Balaban J connectivity index is 2.13. The normalized spacial score (nSPS) is 29.5. The van der Waals surface area contributed by atoms with Crippen molar-refractivity contribution in [3.05, 3.63) is 20.8 Å². The lowest BCUT2D eigenvalue weighted by atomic mass is 9.95. The summed E-state index contributed by atoms with van der Waals surface area (Å²) in [6, 6.07) is 3.96. The predicted octanol–water partition coefficient (Wildman–Crippen LogP) is 1.57. The number of sulfone groups is 1. The average molecular weight is 310 g/mol. The largest absolute Gasteiger partial charge is 0.324 e. The fourth-order valence-corrected chi connectivity index (χ4v) is 5.50. The van der Waals surface area contributed by atoms with Gasteiger partial charge in [0.05, 0.1) is 15.3 Å². The smallest absolute Gasteiger partial charge is 0.152 e. The van der Waals surface area contributed by atoms with Gasteiger partial charge in [0.15, 0.2) is 9.84 Å². The molecule has 1 unspecified atom stereocenters. The minimum absolute atomic E-state index is 0.121. The maximum Gasteiger partial charge on any atom is 0.152 e. The number of nitrogens with two attached hydrogens (primary N) is 1. The second-order valence-corrected chi connectivity index (χ2v) is 8.82. The fraction of sp³-hybridized carbons (Fsp3) is 0.556. The first-order chi connectivity index (χ1) is 6.89. The van der Waals surface area contributed by atoms with Gasteiger partial charge in [0.1, 0.15) is 0 Å². The topological polar surface area (TPSA) is 60.2 Å². The van der Waals surface area contributed by atoms with E-state index in [9.17, 15) is 8.42 Å². The Morgan fingerprint density at radius 2 is 2.27 bits per heavy atom. The molecule has 1 aromatic heterocycles. The van der Waals surface area contributed by atoms with E-state index >= 15 is 0 Å². The maximum atomic E-state index is 11.4. The van der Waals surface area contributed by atoms with Crippen molar-refractivity contribution >= 4 is 37.1 Å². The Kier molecular flexibility index (Phi) is 2.96. The minimum atomic E-state index is -2.90. The van der Waals surface area contributed by atoms with Crippen LogP contribution in [0.2, 0.25) is 0 Å². The molecular formula is C9H12BrNO2S2. The molecule has 0 aromatic carbocycles. The second-order valence-electron chi connectivity index (χ2n) is 4.09. The molecule has 2 N–H and O–H groups in total. The fourth-order valence-electron chi connectivity index (χ4n) is 1.87. The van der Waals surface area contributed by atoms with Gasteiger partial charge in [0.2, 0.25) is 0 Å². The van der Waals surface area contributed by atoms with Gasteiger partial charge in [-0.15, -0.1) is 11.3 Å². The highest BCUT2D eigenvalue weighted by Gasteiger charge is 2.39. The summed E-state index contributed by atoms with van der Waals surface area (Å²) >= 11 is 5.00. The molecule has 0 radical (unpaired) electrons. The third-order valence-electron chi connectivity index (χ3n) is 2.57. The zero-order valence-electron chi connectivity index (χ0n) is 8.07. The van der Waals surface area contributed by atoms with Crippen LogP contribution in [0.5, 0.6) is 0 Å². The van der Waals surface area contributed by atoms with E-state index in [0.29, 0.717) is 12.8 Å². The highest BCUT2D eigenvalue weighted by molar-refractivity contribution is 9.11. The van der Waals surface area contributed by atoms with Crippen LogP contribution in [0.15, 0.2) is 15.9 Å². The van der Waals surface area contributed by atoms with Gasteiger partial charge in [-0.1, -0.05) is 0 Å². The van der Waals surface area contributed by atoms with Crippen molar-refractivity contribution in [2.24, 2.45) is 5.73 Å². The van der Waals surface area contributed by atoms with Gasteiger partial charge < -0.3 is 5.73 Å². The van der Waals surface area contributed by atoms with Crippen LogP contribution in [-0.2, 0) is 16.3 Å². The number of rotatable bonds is 2. The summed E-state index contributed by atoms with van der Waals surface area (Å²) in [6.45, 7) is 0. The van der Waals surface area contributed by atoms with Gasteiger partial charge in [-0.3, -0.25) is 0 Å².